The molecule has 1 aliphatic rings. The lowest BCUT2D eigenvalue weighted by atomic mass is 9.97. The van der Waals surface area contributed by atoms with Gasteiger partial charge >= 0.3 is 0 Å². The topological polar surface area (TPSA) is 34.9 Å². The first-order valence-corrected chi connectivity index (χ1v) is 11.6. The lowest BCUT2D eigenvalue weighted by molar-refractivity contribution is 0.631. The normalized spacial score (nSPS) is 14.1. The second-order valence-corrected chi connectivity index (χ2v) is 9.89. The molecule has 5 heteroatoms. The van der Waals surface area contributed by atoms with Crippen molar-refractivity contribution in [2.24, 2.45) is 5.92 Å². The van der Waals surface area contributed by atoms with Gasteiger partial charge in [0, 0.05) is 10.6 Å². The fourth-order valence-corrected chi connectivity index (χ4v) is 6.24. The number of benzene rings is 1. The number of para-hydroxylation sites is 1. The molecule has 0 N–H and O–H groups in total. The van der Waals surface area contributed by atoms with Crippen LogP contribution >= 0.6 is 23.1 Å². The van der Waals surface area contributed by atoms with Crippen molar-refractivity contribution in [2.75, 3.05) is 5.75 Å². The van der Waals surface area contributed by atoms with Gasteiger partial charge in [-0.2, -0.15) is 0 Å². The first-order chi connectivity index (χ1) is 13.1. The molecule has 0 unspecified atom stereocenters. The van der Waals surface area contributed by atoms with Gasteiger partial charge in [0.05, 0.1) is 11.1 Å². The molecule has 0 saturated heterocycles. The maximum absolute atomic E-state index is 13.6. The van der Waals surface area contributed by atoms with Gasteiger partial charge in [-0.1, -0.05) is 43.8 Å². The first kappa shape index (κ1) is 18.8. The predicted octanol–water partition coefficient (Wildman–Crippen LogP) is 5.77. The predicted molar refractivity (Wildman–Crippen MR) is 117 cm³/mol. The molecule has 2 heterocycles. The Bertz CT molecular complexity index is 1030. The second kappa shape index (κ2) is 7.80. The van der Waals surface area contributed by atoms with Crippen molar-refractivity contribution in [3.8, 4) is 5.69 Å². The SMILES string of the molecule is Cc1ccccc1-n1c(SCCC(C)C)nc2sc3c(c2c1=O)CCCC3. The largest absolute Gasteiger partial charge is 0.268 e. The Morgan fingerprint density at radius 1 is 1.22 bits per heavy atom. The Morgan fingerprint density at radius 3 is 2.78 bits per heavy atom. The van der Waals surface area contributed by atoms with Crippen LogP contribution in [0.4, 0.5) is 0 Å². The van der Waals surface area contributed by atoms with Gasteiger partial charge in [-0.15, -0.1) is 11.3 Å². The van der Waals surface area contributed by atoms with E-state index in [9.17, 15) is 4.79 Å². The summed E-state index contributed by atoms with van der Waals surface area (Å²) < 4.78 is 1.87. The summed E-state index contributed by atoms with van der Waals surface area (Å²) in [6, 6.07) is 8.13. The minimum Gasteiger partial charge on any atom is -0.268 e. The molecule has 0 bridgehead atoms. The van der Waals surface area contributed by atoms with E-state index in [0.29, 0.717) is 5.92 Å². The van der Waals surface area contributed by atoms with E-state index in [2.05, 4.69) is 26.8 Å². The first-order valence-electron chi connectivity index (χ1n) is 9.82. The van der Waals surface area contributed by atoms with Crippen molar-refractivity contribution in [1.29, 1.82) is 0 Å². The summed E-state index contributed by atoms with van der Waals surface area (Å²) in [5.74, 6) is 1.63. The van der Waals surface area contributed by atoms with E-state index >= 15 is 0 Å². The molecule has 3 nitrogen and oxygen atoms in total. The number of aryl methyl sites for hydroxylation is 3. The van der Waals surface area contributed by atoms with Crippen LogP contribution in [0, 0.1) is 12.8 Å². The number of thioether (sulfide) groups is 1. The monoisotopic (exact) mass is 398 g/mol. The third kappa shape index (κ3) is 3.59. The third-order valence-corrected chi connectivity index (χ3v) is 7.40. The number of thiophene rings is 1. The zero-order valence-electron chi connectivity index (χ0n) is 16.2. The van der Waals surface area contributed by atoms with Crippen LogP contribution in [-0.4, -0.2) is 15.3 Å². The Balaban J connectivity index is 1.92. The number of rotatable bonds is 5. The minimum absolute atomic E-state index is 0.112. The van der Waals surface area contributed by atoms with Gasteiger partial charge in [0.1, 0.15) is 4.83 Å². The summed E-state index contributed by atoms with van der Waals surface area (Å²) in [5.41, 5.74) is 3.44. The molecule has 0 atom stereocenters. The summed E-state index contributed by atoms with van der Waals surface area (Å²) in [7, 11) is 0. The standard InChI is InChI=1S/C22H26N2OS2/c1-14(2)12-13-26-22-23-20-19(16-9-5-7-11-18(16)27-20)21(25)24(22)17-10-6-4-8-15(17)3/h4,6,8,10,14H,5,7,9,11-13H2,1-3H3. The minimum atomic E-state index is 0.112. The molecule has 0 fully saturated rings. The van der Waals surface area contributed by atoms with E-state index in [-0.39, 0.29) is 5.56 Å². The molecular weight excluding hydrogens is 372 g/mol. The maximum Gasteiger partial charge on any atom is 0.267 e. The van der Waals surface area contributed by atoms with E-state index in [4.69, 9.17) is 4.98 Å². The van der Waals surface area contributed by atoms with Gasteiger partial charge in [0.2, 0.25) is 0 Å². The smallest absolute Gasteiger partial charge is 0.267 e. The number of aromatic nitrogens is 2. The lowest BCUT2D eigenvalue weighted by Gasteiger charge is -2.15. The lowest BCUT2D eigenvalue weighted by Crippen LogP contribution is -2.23. The van der Waals surface area contributed by atoms with Crippen molar-refractivity contribution in [1.82, 2.24) is 9.55 Å². The Hall–Kier alpha value is -1.59. The van der Waals surface area contributed by atoms with Crippen molar-refractivity contribution >= 4 is 33.3 Å². The Labute approximate surface area is 168 Å². The van der Waals surface area contributed by atoms with Gasteiger partial charge < -0.3 is 0 Å². The van der Waals surface area contributed by atoms with Crippen LogP contribution in [0.3, 0.4) is 0 Å². The highest BCUT2D eigenvalue weighted by Gasteiger charge is 2.23. The van der Waals surface area contributed by atoms with Gasteiger partial charge in [-0.3, -0.25) is 9.36 Å². The molecule has 0 spiro atoms. The number of nitrogens with zero attached hydrogens (tertiary/aromatic N) is 2. The summed E-state index contributed by atoms with van der Waals surface area (Å²) in [4.78, 5) is 21.0. The fourth-order valence-electron chi connectivity index (χ4n) is 3.70. The molecule has 0 aliphatic heterocycles. The molecule has 1 aromatic carbocycles. The van der Waals surface area contributed by atoms with Gasteiger partial charge in [-0.05, 0) is 62.1 Å². The van der Waals surface area contributed by atoms with Crippen LogP contribution < -0.4 is 5.56 Å². The summed E-state index contributed by atoms with van der Waals surface area (Å²) in [5, 5.41) is 1.70. The van der Waals surface area contributed by atoms with Gasteiger partial charge in [0.25, 0.3) is 5.56 Å². The van der Waals surface area contributed by atoms with Crippen LogP contribution in [0.1, 0.15) is 49.1 Å². The number of hydrogen-bond donors (Lipinski definition) is 0. The molecule has 27 heavy (non-hydrogen) atoms. The highest BCUT2D eigenvalue weighted by Crippen LogP contribution is 2.35. The van der Waals surface area contributed by atoms with E-state index in [1.54, 1.807) is 23.1 Å². The van der Waals surface area contributed by atoms with Crippen molar-refractivity contribution < 1.29 is 0 Å². The Kier molecular flexibility index (Phi) is 5.42. The van der Waals surface area contributed by atoms with E-state index in [0.717, 1.165) is 51.6 Å². The molecule has 2 aromatic heterocycles. The number of fused-ring (bicyclic) bond motifs is 3. The van der Waals surface area contributed by atoms with Crippen LogP contribution in [0.5, 0.6) is 0 Å². The molecule has 142 valence electrons. The Morgan fingerprint density at radius 2 is 2.00 bits per heavy atom. The number of hydrogen-bond acceptors (Lipinski definition) is 4. The van der Waals surface area contributed by atoms with Gasteiger partial charge in [0.15, 0.2) is 5.16 Å². The van der Waals surface area contributed by atoms with Crippen LogP contribution in [0.2, 0.25) is 0 Å². The maximum atomic E-state index is 13.6. The van der Waals surface area contributed by atoms with Crippen LogP contribution in [0.25, 0.3) is 15.9 Å². The molecule has 4 rings (SSSR count). The van der Waals surface area contributed by atoms with Crippen molar-refractivity contribution in [3.63, 3.8) is 0 Å². The quantitative estimate of drug-likeness (QED) is 0.404. The molecule has 1 aliphatic carbocycles. The molecule has 0 radical (unpaired) electrons. The van der Waals surface area contributed by atoms with E-state index in [1.165, 1.54) is 23.3 Å². The van der Waals surface area contributed by atoms with Gasteiger partial charge in [-0.25, -0.2) is 4.98 Å². The van der Waals surface area contributed by atoms with Crippen molar-refractivity contribution in [3.05, 3.63) is 50.6 Å². The molecule has 0 amide bonds. The van der Waals surface area contributed by atoms with E-state index in [1.807, 2.05) is 22.8 Å². The van der Waals surface area contributed by atoms with Crippen LogP contribution in [-0.2, 0) is 12.8 Å². The zero-order chi connectivity index (χ0) is 19.0. The zero-order valence-corrected chi connectivity index (χ0v) is 17.9. The fraction of sp³-hybridized carbons (Fsp3) is 0.455. The van der Waals surface area contributed by atoms with Crippen LogP contribution in [0.15, 0.2) is 34.2 Å². The average Bonchev–Trinajstić information content (AvgIpc) is 3.01. The summed E-state index contributed by atoms with van der Waals surface area (Å²) in [6.07, 6.45) is 5.62. The third-order valence-electron chi connectivity index (χ3n) is 5.24. The average molecular weight is 399 g/mol. The highest BCUT2D eigenvalue weighted by molar-refractivity contribution is 7.99. The van der Waals surface area contributed by atoms with E-state index < -0.39 is 0 Å². The van der Waals surface area contributed by atoms with Crippen molar-refractivity contribution in [2.45, 2.75) is 58.0 Å². The summed E-state index contributed by atoms with van der Waals surface area (Å²) >= 11 is 3.45. The molecule has 3 aromatic rings. The molecular formula is C22H26N2OS2. The highest BCUT2D eigenvalue weighted by atomic mass is 32.2. The summed E-state index contributed by atoms with van der Waals surface area (Å²) in [6.45, 7) is 6.54. The molecule has 0 saturated carbocycles. The second-order valence-electron chi connectivity index (χ2n) is 7.74.